The summed E-state index contributed by atoms with van der Waals surface area (Å²) in [5.41, 5.74) is 0.187. The first-order valence-electron chi connectivity index (χ1n) is 6.37. The third-order valence-electron chi connectivity index (χ3n) is 2.99. The number of pyridine rings is 1. The molecule has 0 aliphatic heterocycles. The van der Waals surface area contributed by atoms with Gasteiger partial charge in [0.25, 0.3) is 0 Å². The monoisotopic (exact) mass is 310 g/mol. The molecule has 1 heterocycles. The molecule has 0 unspecified atom stereocenters. The van der Waals surface area contributed by atoms with Crippen LogP contribution in [-0.4, -0.2) is 24.3 Å². The first-order chi connectivity index (χ1) is 9.93. The number of H-pyrrole nitrogens is 1. The van der Waals surface area contributed by atoms with Gasteiger partial charge in [-0.05, 0) is 23.8 Å². The molecule has 0 aliphatic rings. The fourth-order valence-corrected chi connectivity index (χ4v) is 3.32. The van der Waals surface area contributed by atoms with Crippen molar-refractivity contribution < 1.29 is 12.8 Å². The van der Waals surface area contributed by atoms with Crippen LogP contribution in [0.5, 0.6) is 0 Å². The van der Waals surface area contributed by atoms with Crippen LogP contribution < -0.4 is 5.56 Å². The predicted octanol–water partition coefficient (Wildman–Crippen LogP) is 1.72. The summed E-state index contributed by atoms with van der Waals surface area (Å²) in [4.78, 5) is 13.3. The molecule has 7 heteroatoms. The minimum atomic E-state index is -3.74. The SMILES string of the molecule is CCN(Cc1cccc(F)c1)S(=O)(=O)c1ccc(=O)[nH]c1. The predicted molar refractivity (Wildman–Crippen MR) is 76.7 cm³/mol. The van der Waals surface area contributed by atoms with Crippen LogP contribution in [-0.2, 0) is 16.6 Å². The van der Waals surface area contributed by atoms with Gasteiger partial charge in [-0.2, -0.15) is 4.31 Å². The summed E-state index contributed by atoms with van der Waals surface area (Å²) in [5, 5.41) is 0. The number of hydrogen-bond acceptors (Lipinski definition) is 3. The third kappa shape index (κ3) is 3.56. The number of benzene rings is 1. The molecule has 5 nitrogen and oxygen atoms in total. The molecule has 0 aliphatic carbocycles. The molecule has 1 N–H and O–H groups in total. The zero-order valence-corrected chi connectivity index (χ0v) is 12.2. The Labute approximate surface area is 122 Å². The van der Waals surface area contributed by atoms with Gasteiger partial charge in [0.05, 0.1) is 4.90 Å². The van der Waals surface area contributed by atoms with Gasteiger partial charge in [-0.3, -0.25) is 4.79 Å². The van der Waals surface area contributed by atoms with Crippen LogP contribution in [0.4, 0.5) is 4.39 Å². The normalized spacial score (nSPS) is 11.8. The van der Waals surface area contributed by atoms with Crippen molar-refractivity contribution in [3.05, 3.63) is 64.3 Å². The zero-order chi connectivity index (χ0) is 15.5. The molecule has 1 aromatic carbocycles. The minimum absolute atomic E-state index is 0.000327. The number of nitrogens with zero attached hydrogens (tertiary/aromatic N) is 1. The Balaban J connectivity index is 2.31. The fraction of sp³-hybridized carbons (Fsp3) is 0.214. The lowest BCUT2D eigenvalue weighted by atomic mass is 10.2. The highest BCUT2D eigenvalue weighted by Crippen LogP contribution is 2.17. The topological polar surface area (TPSA) is 70.2 Å². The Kier molecular flexibility index (Phi) is 4.54. The lowest BCUT2D eigenvalue weighted by Gasteiger charge is -2.20. The summed E-state index contributed by atoms with van der Waals surface area (Å²) in [6.45, 7) is 2.00. The summed E-state index contributed by atoms with van der Waals surface area (Å²) in [6.07, 6.45) is 1.16. The second-order valence-electron chi connectivity index (χ2n) is 4.45. The molecule has 0 saturated heterocycles. The Bertz CT molecular complexity index is 766. The van der Waals surface area contributed by atoms with Crippen molar-refractivity contribution in [2.75, 3.05) is 6.54 Å². The lowest BCUT2D eigenvalue weighted by molar-refractivity contribution is 0.422. The molecule has 0 atom stereocenters. The van der Waals surface area contributed by atoms with Gasteiger partial charge in [-0.25, -0.2) is 12.8 Å². The van der Waals surface area contributed by atoms with Crippen molar-refractivity contribution >= 4 is 10.0 Å². The second kappa shape index (κ2) is 6.19. The highest BCUT2D eigenvalue weighted by atomic mass is 32.2. The van der Waals surface area contributed by atoms with Crippen molar-refractivity contribution in [2.24, 2.45) is 0 Å². The van der Waals surface area contributed by atoms with Gasteiger partial charge in [-0.1, -0.05) is 19.1 Å². The van der Waals surface area contributed by atoms with Crippen molar-refractivity contribution in [1.82, 2.24) is 9.29 Å². The van der Waals surface area contributed by atoms with E-state index in [1.165, 1.54) is 28.6 Å². The number of halogens is 1. The van der Waals surface area contributed by atoms with Gasteiger partial charge >= 0.3 is 0 Å². The van der Waals surface area contributed by atoms with Gasteiger partial charge in [0.15, 0.2) is 0 Å². The van der Waals surface area contributed by atoms with Crippen LogP contribution in [0.2, 0.25) is 0 Å². The van der Waals surface area contributed by atoms with Crippen molar-refractivity contribution in [3.63, 3.8) is 0 Å². The van der Waals surface area contributed by atoms with E-state index in [0.29, 0.717) is 5.56 Å². The average Bonchev–Trinajstić information content (AvgIpc) is 2.45. The first kappa shape index (κ1) is 15.4. The maximum atomic E-state index is 13.2. The Morgan fingerprint density at radius 1 is 1.24 bits per heavy atom. The van der Waals surface area contributed by atoms with E-state index in [1.54, 1.807) is 13.0 Å². The van der Waals surface area contributed by atoms with E-state index in [2.05, 4.69) is 4.98 Å². The molecule has 0 saturated carbocycles. The zero-order valence-electron chi connectivity index (χ0n) is 11.4. The standard InChI is InChI=1S/C14H15FN2O3S/c1-2-17(10-11-4-3-5-12(15)8-11)21(19,20)13-6-7-14(18)16-9-13/h3-9H,2,10H2,1H3,(H,16,18). The molecule has 1 aromatic heterocycles. The van der Waals surface area contributed by atoms with Gasteiger partial charge in [-0.15, -0.1) is 0 Å². The van der Waals surface area contributed by atoms with E-state index in [0.717, 1.165) is 12.3 Å². The first-order valence-corrected chi connectivity index (χ1v) is 7.81. The molecule has 21 heavy (non-hydrogen) atoms. The van der Waals surface area contributed by atoms with Crippen molar-refractivity contribution in [3.8, 4) is 0 Å². The lowest BCUT2D eigenvalue weighted by Crippen LogP contribution is -2.30. The molecular formula is C14H15FN2O3S. The fourth-order valence-electron chi connectivity index (χ4n) is 1.91. The summed E-state index contributed by atoms with van der Waals surface area (Å²) < 4.78 is 39.3. The number of aromatic nitrogens is 1. The Morgan fingerprint density at radius 3 is 2.57 bits per heavy atom. The molecule has 0 spiro atoms. The van der Waals surface area contributed by atoms with E-state index in [4.69, 9.17) is 0 Å². The molecule has 112 valence electrons. The summed E-state index contributed by atoms with van der Waals surface area (Å²) in [5.74, 6) is -0.412. The second-order valence-corrected chi connectivity index (χ2v) is 6.39. The third-order valence-corrected chi connectivity index (χ3v) is 4.91. The molecule has 0 amide bonds. The number of aromatic amines is 1. The molecule has 2 aromatic rings. The van der Waals surface area contributed by atoms with Crippen LogP contribution in [0, 0.1) is 5.82 Å². The average molecular weight is 310 g/mol. The summed E-state index contributed by atoms with van der Waals surface area (Å²) in [7, 11) is -3.74. The van der Waals surface area contributed by atoms with Crippen molar-refractivity contribution in [1.29, 1.82) is 0 Å². The number of rotatable bonds is 5. The highest BCUT2D eigenvalue weighted by molar-refractivity contribution is 7.89. The van der Waals surface area contributed by atoms with Crippen LogP contribution in [0.25, 0.3) is 0 Å². The largest absolute Gasteiger partial charge is 0.328 e. The van der Waals surface area contributed by atoms with Crippen LogP contribution >= 0.6 is 0 Å². The van der Waals surface area contributed by atoms with E-state index in [1.807, 2.05) is 0 Å². The molecule has 0 radical (unpaired) electrons. The molecule has 0 fully saturated rings. The summed E-state index contributed by atoms with van der Waals surface area (Å²) >= 11 is 0. The van der Waals surface area contributed by atoms with E-state index in [9.17, 15) is 17.6 Å². The smallest absolute Gasteiger partial charge is 0.247 e. The minimum Gasteiger partial charge on any atom is -0.328 e. The summed E-state index contributed by atoms with van der Waals surface area (Å²) in [6, 6.07) is 8.20. The Hall–Kier alpha value is -1.99. The van der Waals surface area contributed by atoms with Crippen LogP contribution in [0.1, 0.15) is 12.5 Å². The van der Waals surface area contributed by atoms with Gasteiger partial charge in [0.1, 0.15) is 5.82 Å². The van der Waals surface area contributed by atoms with E-state index >= 15 is 0 Å². The molecular weight excluding hydrogens is 295 g/mol. The van der Waals surface area contributed by atoms with Gasteiger partial charge in [0, 0.05) is 25.4 Å². The maximum Gasteiger partial charge on any atom is 0.247 e. The molecule has 0 bridgehead atoms. The highest BCUT2D eigenvalue weighted by Gasteiger charge is 2.23. The molecule has 2 rings (SSSR count). The maximum absolute atomic E-state index is 13.2. The number of nitrogens with one attached hydrogen (secondary N) is 1. The number of sulfonamides is 1. The Morgan fingerprint density at radius 2 is 2.00 bits per heavy atom. The van der Waals surface area contributed by atoms with Crippen molar-refractivity contribution in [2.45, 2.75) is 18.4 Å². The number of hydrogen-bond donors (Lipinski definition) is 1. The van der Waals surface area contributed by atoms with Crippen LogP contribution in [0.15, 0.2) is 52.3 Å². The quantitative estimate of drug-likeness (QED) is 0.914. The van der Waals surface area contributed by atoms with E-state index < -0.39 is 15.8 Å². The van der Waals surface area contributed by atoms with E-state index in [-0.39, 0.29) is 23.5 Å². The van der Waals surface area contributed by atoms with Gasteiger partial charge < -0.3 is 4.98 Å². The van der Waals surface area contributed by atoms with Gasteiger partial charge in [0.2, 0.25) is 15.6 Å². The van der Waals surface area contributed by atoms with Crippen LogP contribution in [0.3, 0.4) is 0 Å².